The molecule has 1 N–H and O–H groups in total. The molecule has 0 fully saturated rings. The van der Waals surface area contributed by atoms with Crippen LogP contribution in [0, 0.1) is 10.1 Å². The molecule has 0 atom stereocenters. The van der Waals surface area contributed by atoms with Gasteiger partial charge in [0.1, 0.15) is 5.75 Å². The molecule has 0 bridgehead atoms. The first-order valence-electron chi connectivity index (χ1n) is 7.67. The molecule has 0 unspecified atom stereocenters. The Morgan fingerprint density at radius 1 is 1.08 bits per heavy atom. The van der Waals surface area contributed by atoms with E-state index in [-0.39, 0.29) is 11.4 Å². The van der Waals surface area contributed by atoms with Crippen LogP contribution in [-0.4, -0.2) is 29.1 Å². The van der Waals surface area contributed by atoms with Crippen LogP contribution < -0.4 is 14.8 Å². The van der Waals surface area contributed by atoms with Crippen molar-refractivity contribution in [2.75, 3.05) is 19.5 Å². The van der Waals surface area contributed by atoms with Gasteiger partial charge in [0.15, 0.2) is 5.75 Å². The second kappa shape index (κ2) is 7.47. The minimum atomic E-state index is -0.487. The molecule has 0 saturated carbocycles. The minimum Gasteiger partial charge on any atom is -0.497 e. The van der Waals surface area contributed by atoms with Crippen LogP contribution in [0.3, 0.4) is 0 Å². The summed E-state index contributed by atoms with van der Waals surface area (Å²) in [6.07, 6.45) is 1.58. The van der Waals surface area contributed by atoms with Crippen molar-refractivity contribution >= 4 is 17.3 Å². The summed E-state index contributed by atoms with van der Waals surface area (Å²) < 4.78 is 10.2. The van der Waals surface area contributed by atoms with Crippen molar-refractivity contribution in [2.45, 2.75) is 0 Å². The topological polar surface area (TPSA) is 99.4 Å². The number of ether oxygens (including phenoxy) is 2. The zero-order valence-corrected chi connectivity index (χ0v) is 14.2. The Labute approximate surface area is 149 Å². The molecule has 1 heterocycles. The number of hydrogen-bond acceptors (Lipinski definition) is 7. The van der Waals surface area contributed by atoms with E-state index in [9.17, 15) is 10.1 Å². The minimum absolute atomic E-state index is 0.120. The number of nitro benzene ring substituents is 1. The van der Waals surface area contributed by atoms with E-state index in [0.717, 1.165) is 5.69 Å². The number of benzene rings is 2. The smallest absolute Gasteiger partial charge is 0.311 e. The summed E-state index contributed by atoms with van der Waals surface area (Å²) >= 11 is 0. The molecule has 1 aromatic heterocycles. The second-order valence-electron chi connectivity index (χ2n) is 5.27. The van der Waals surface area contributed by atoms with Crippen molar-refractivity contribution in [1.29, 1.82) is 0 Å². The van der Waals surface area contributed by atoms with Crippen LogP contribution in [0.25, 0.3) is 11.3 Å². The van der Waals surface area contributed by atoms with Crippen molar-refractivity contribution in [3.63, 3.8) is 0 Å². The summed E-state index contributed by atoms with van der Waals surface area (Å²) in [5, 5.41) is 14.3. The van der Waals surface area contributed by atoms with Gasteiger partial charge in [-0.1, -0.05) is 6.07 Å². The van der Waals surface area contributed by atoms with E-state index < -0.39 is 4.92 Å². The highest BCUT2D eigenvalue weighted by atomic mass is 16.6. The Morgan fingerprint density at radius 3 is 2.65 bits per heavy atom. The molecule has 132 valence electrons. The van der Waals surface area contributed by atoms with Gasteiger partial charge in [0.25, 0.3) is 0 Å². The molecule has 3 rings (SSSR count). The van der Waals surface area contributed by atoms with Gasteiger partial charge in [-0.25, -0.2) is 9.97 Å². The molecule has 0 radical (unpaired) electrons. The maximum absolute atomic E-state index is 11.2. The summed E-state index contributed by atoms with van der Waals surface area (Å²) in [5.74, 6) is 1.27. The molecule has 0 aliphatic rings. The summed E-state index contributed by atoms with van der Waals surface area (Å²) in [7, 11) is 2.98. The fraction of sp³-hybridized carbons (Fsp3) is 0.111. The standard InChI is InChI=1S/C18H16N4O4/c1-25-14-5-3-4-13(11-14)20-18-19-9-8-15(21-18)12-6-7-17(26-2)16(10-12)22(23)24/h3-11H,1-2H3,(H,19,20,21). The number of rotatable bonds is 6. The first-order chi connectivity index (χ1) is 12.6. The van der Waals surface area contributed by atoms with Crippen LogP contribution in [0.2, 0.25) is 0 Å². The summed E-state index contributed by atoms with van der Waals surface area (Å²) in [6, 6.07) is 13.7. The maximum Gasteiger partial charge on any atom is 0.311 e. The van der Waals surface area contributed by atoms with Crippen LogP contribution in [0.15, 0.2) is 54.7 Å². The van der Waals surface area contributed by atoms with Gasteiger partial charge in [-0.05, 0) is 30.3 Å². The molecule has 3 aromatic rings. The van der Waals surface area contributed by atoms with E-state index in [4.69, 9.17) is 9.47 Å². The molecule has 0 aliphatic carbocycles. The molecule has 26 heavy (non-hydrogen) atoms. The van der Waals surface area contributed by atoms with Crippen molar-refractivity contribution in [2.24, 2.45) is 0 Å². The van der Waals surface area contributed by atoms with Gasteiger partial charge in [-0.2, -0.15) is 0 Å². The fourth-order valence-corrected chi connectivity index (χ4v) is 2.40. The molecule has 8 nitrogen and oxygen atoms in total. The van der Waals surface area contributed by atoms with E-state index in [2.05, 4.69) is 15.3 Å². The molecular formula is C18H16N4O4. The van der Waals surface area contributed by atoms with E-state index in [0.29, 0.717) is 23.0 Å². The number of nitro groups is 1. The Morgan fingerprint density at radius 2 is 1.92 bits per heavy atom. The first-order valence-corrected chi connectivity index (χ1v) is 7.67. The molecule has 0 aliphatic heterocycles. The summed E-state index contributed by atoms with van der Waals surface area (Å²) in [6.45, 7) is 0. The van der Waals surface area contributed by atoms with E-state index >= 15 is 0 Å². The predicted molar refractivity (Wildman–Crippen MR) is 97.0 cm³/mol. The summed E-state index contributed by atoms with van der Waals surface area (Å²) in [4.78, 5) is 19.3. The van der Waals surface area contributed by atoms with Gasteiger partial charge >= 0.3 is 5.69 Å². The SMILES string of the molecule is COc1cccc(Nc2nccc(-c3ccc(OC)c([N+](=O)[O-])c3)n2)c1. The highest BCUT2D eigenvalue weighted by molar-refractivity contribution is 5.67. The van der Waals surface area contributed by atoms with Crippen LogP contribution in [-0.2, 0) is 0 Å². The Kier molecular flexibility index (Phi) is 4.93. The van der Waals surface area contributed by atoms with E-state index in [1.54, 1.807) is 31.5 Å². The van der Waals surface area contributed by atoms with Gasteiger partial charge in [-0.15, -0.1) is 0 Å². The molecule has 0 spiro atoms. The van der Waals surface area contributed by atoms with Crippen molar-refractivity contribution in [3.05, 3.63) is 64.8 Å². The first kappa shape index (κ1) is 17.2. The number of nitrogens with zero attached hydrogens (tertiary/aromatic N) is 3. The Hall–Kier alpha value is -3.68. The lowest BCUT2D eigenvalue weighted by molar-refractivity contribution is -0.385. The zero-order chi connectivity index (χ0) is 18.5. The number of methoxy groups -OCH3 is 2. The third-order valence-electron chi connectivity index (χ3n) is 3.65. The van der Waals surface area contributed by atoms with Crippen LogP contribution in [0.4, 0.5) is 17.3 Å². The monoisotopic (exact) mass is 352 g/mol. The van der Waals surface area contributed by atoms with Gasteiger partial charge in [0, 0.05) is 29.6 Å². The van der Waals surface area contributed by atoms with Gasteiger partial charge < -0.3 is 14.8 Å². The van der Waals surface area contributed by atoms with Crippen LogP contribution >= 0.6 is 0 Å². The average molecular weight is 352 g/mol. The summed E-state index contributed by atoms with van der Waals surface area (Å²) in [5.41, 5.74) is 1.79. The van der Waals surface area contributed by atoms with Gasteiger partial charge in [-0.3, -0.25) is 10.1 Å². The number of aromatic nitrogens is 2. The van der Waals surface area contributed by atoms with E-state index in [1.807, 2.05) is 24.3 Å². The van der Waals surface area contributed by atoms with Gasteiger partial charge in [0.2, 0.25) is 5.95 Å². The lowest BCUT2D eigenvalue weighted by Gasteiger charge is -2.08. The largest absolute Gasteiger partial charge is 0.497 e. The quantitative estimate of drug-likeness (QED) is 0.532. The average Bonchev–Trinajstić information content (AvgIpc) is 2.67. The lowest BCUT2D eigenvalue weighted by atomic mass is 10.1. The van der Waals surface area contributed by atoms with E-state index in [1.165, 1.54) is 13.2 Å². The van der Waals surface area contributed by atoms with Crippen molar-refractivity contribution in [1.82, 2.24) is 9.97 Å². The maximum atomic E-state index is 11.2. The molecule has 2 aromatic carbocycles. The highest BCUT2D eigenvalue weighted by Gasteiger charge is 2.16. The third-order valence-corrected chi connectivity index (χ3v) is 3.65. The lowest BCUT2D eigenvalue weighted by Crippen LogP contribution is -1.99. The highest BCUT2D eigenvalue weighted by Crippen LogP contribution is 2.31. The predicted octanol–water partition coefficient (Wildman–Crippen LogP) is 3.81. The van der Waals surface area contributed by atoms with Crippen LogP contribution in [0.1, 0.15) is 0 Å². The number of hydrogen-bond donors (Lipinski definition) is 1. The normalized spacial score (nSPS) is 10.2. The van der Waals surface area contributed by atoms with Crippen molar-refractivity contribution < 1.29 is 14.4 Å². The number of anilines is 2. The number of nitrogens with one attached hydrogen (secondary N) is 1. The zero-order valence-electron chi connectivity index (χ0n) is 14.2. The molecular weight excluding hydrogens is 336 g/mol. The Balaban J connectivity index is 1.92. The Bertz CT molecular complexity index is 946. The van der Waals surface area contributed by atoms with Gasteiger partial charge in [0.05, 0.1) is 24.8 Å². The second-order valence-corrected chi connectivity index (χ2v) is 5.27. The molecule has 0 amide bonds. The van der Waals surface area contributed by atoms with Crippen LogP contribution in [0.5, 0.6) is 11.5 Å². The third kappa shape index (κ3) is 3.69. The van der Waals surface area contributed by atoms with Crippen molar-refractivity contribution in [3.8, 4) is 22.8 Å². The fourth-order valence-electron chi connectivity index (χ4n) is 2.40. The molecule has 0 saturated heterocycles. The molecule has 8 heteroatoms.